The molecule has 6 nitrogen and oxygen atoms in total. The maximum atomic E-state index is 12.0. The Kier molecular flexibility index (Phi) is 9.36. The molecule has 0 saturated heterocycles. The lowest BCUT2D eigenvalue weighted by Crippen LogP contribution is -2.06. The highest BCUT2D eigenvalue weighted by atomic mass is 35.5. The number of phenols is 2. The number of benzene rings is 8. The van der Waals surface area contributed by atoms with Gasteiger partial charge in [0.05, 0.1) is 46.7 Å². The van der Waals surface area contributed by atoms with E-state index < -0.39 is 0 Å². The number of hydrogen-bond acceptors (Lipinski definition) is 4. The molecular weight excluding hydrogens is 775 g/mol. The number of aromatic nitrogens is 2. The van der Waals surface area contributed by atoms with Crippen LogP contribution in [0.5, 0.6) is 23.0 Å². The molecule has 0 amide bonds. The lowest BCUT2D eigenvalue weighted by Gasteiger charge is -2.18. The van der Waals surface area contributed by atoms with Crippen molar-refractivity contribution in [3.05, 3.63) is 180 Å². The summed E-state index contributed by atoms with van der Waals surface area (Å²) < 4.78 is 16.9. The predicted molar refractivity (Wildman–Crippen MR) is 241 cm³/mol. The van der Waals surface area contributed by atoms with Gasteiger partial charge in [-0.15, -0.1) is 0 Å². The van der Waals surface area contributed by atoms with Crippen molar-refractivity contribution in [2.75, 3.05) is 13.2 Å². The first-order chi connectivity index (χ1) is 29.0. The Morgan fingerprint density at radius 1 is 0.390 bits per heavy atom. The quantitative estimate of drug-likeness (QED) is 0.135. The normalized spacial score (nSPS) is 11.6. The molecule has 2 heterocycles. The predicted octanol–water partition coefficient (Wildman–Crippen LogP) is 13.8. The van der Waals surface area contributed by atoms with E-state index in [1.807, 2.05) is 97.1 Å². The molecule has 0 saturated carbocycles. The van der Waals surface area contributed by atoms with Gasteiger partial charge in [0.25, 0.3) is 0 Å². The third-order valence-corrected chi connectivity index (χ3v) is 11.3. The van der Waals surface area contributed by atoms with Crippen LogP contribution in [0.1, 0.15) is 6.42 Å². The molecule has 10 rings (SSSR count). The smallest absolute Gasteiger partial charge is 0.147 e. The van der Waals surface area contributed by atoms with Gasteiger partial charge in [0.15, 0.2) is 0 Å². The van der Waals surface area contributed by atoms with E-state index in [1.54, 1.807) is 24.3 Å². The topological polar surface area (TPSA) is 68.8 Å². The molecule has 10 aromatic rings. The number of para-hydroxylation sites is 6. The van der Waals surface area contributed by atoms with Crippen LogP contribution < -0.4 is 9.47 Å². The van der Waals surface area contributed by atoms with E-state index in [4.69, 9.17) is 32.7 Å². The molecule has 0 unspecified atom stereocenters. The van der Waals surface area contributed by atoms with Gasteiger partial charge in [0.2, 0.25) is 0 Å². The van der Waals surface area contributed by atoms with Gasteiger partial charge in [-0.1, -0.05) is 132 Å². The minimum atomic E-state index is 0.0995. The fraction of sp³-hybridized carbons (Fsp3) is 0.0588. The lowest BCUT2D eigenvalue weighted by molar-refractivity contribution is 0.248. The minimum absolute atomic E-state index is 0.0995. The van der Waals surface area contributed by atoms with Crippen LogP contribution in [0.3, 0.4) is 0 Å². The zero-order valence-corrected chi connectivity index (χ0v) is 33.2. The number of phenolic OH excluding ortho intramolecular Hbond substituents is 2. The number of rotatable bonds is 10. The van der Waals surface area contributed by atoms with Gasteiger partial charge in [0.1, 0.15) is 23.0 Å². The molecule has 0 bridgehead atoms. The van der Waals surface area contributed by atoms with Crippen molar-refractivity contribution in [2.24, 2.45) is 0 Å². The Balaban J connectivity index is 0.904. The Bertz CT molecular complexity index is 2900. The van der Waals surface area contributed by atoms with Gasteiger partial charge >= 0.3 is 0 Å². The molecule has 0 aliphatic rings. The van der Waals surface area contributed by atoms with Gasteiger partial charge in [-0.05, 0) is 60.7 Å². The largest absolute Gasteiger partial charge is 0.505 e. The SMILES string of the molecule is Oc1c(-c2ccccc2OCCCOc2ccccc2-c2cc(Cl)cc(-n3c4ccccc4c4ccccc43)c2O)cc(Cl)cc1-n1c2ccccc2c2ccccc21. The standard InChI is InChI=1S/C51H36Cl2N2O4/c52-32-28-40(50(56)46(30-32)54-42-20-7-1-14-34(42)35-15-2-8-21-43(35)54)38-18-5-11-24-48(38)58-26-13-27-59-49-25-12-6-19-39(49)41-29-33(53)31-47(51(41)57)55-44-22-9-3-16-36(44)37-17-4-10-23-45(37)55/h1-12,14-25,28-31,56-57H,13,26-27H2. The third-order valence-electron chi connectivity index (χ3n) is 10.9. The van der Waals surface area contributed by atoms with Crippen molar-refractivity contribution in [3.63, 3.8) is 0 Å². The number of fused-ring (bicyclic) bond motifs is 6. The summed E-state index contributed by atoms with van der Waals surface area (Å²) in [5.41, 5.74) is 7.62. The molecule has 0 spiro atoms. The molecule has 8 aromatic carbocycles. The Morgan fingerprint density at radius 2 is 0.712 bits per heavy atom. The van der Waals surface area contributed by atoms with Crippen molar-refractivity contribution >= 4 is 66.8 Å². The van der Waals surface area contributed by atoms with Crippen LogP contribution in [0.25, 0.3) is 77.2 Å². The molecule has 8 heteroatoms. The van der Waals surface area contributed by atoms with Crippen LogP contribution in [0.4, 0.5) is 0 Å². The molecule has 0 atom stereocenters. The van der Waals surface area contributed by atoms with Gasteiger partial charge in [-0.25, -0.2) is 0 Å². The van der Waals surface area contributed by atoms with E-state index in [9.17, 15) is 10.2 Å². The number of aromatic hydroxyl groups is 2. The molecular formula is C51H36Cl2N2O4. The highest BCUT2D eigenvalue weighted by molar-refractivity contribution is 6.31. The molecule has 0 radical (unpaired) electrons. The highest BCUT2D eigenvalue weighted by Gasteiger charge is 2.22. The number of hydrogen-bond donors (Lipinski definition) is 2. The van der Waals surface area contributed by atoms with Crippen molar-refractivity contribution < 1.29 is 19.7 Å². The van der Waals surface area contributed by atoms with E-state index in [0.29, 0.717) is 63.7 Å². The van der Waals surface area contributed by atoms with E-state index in [0.717, 1.165) is 54.7 Å². The maximum Gasteiger partial charge on any atom is 0.147 e. The van der Waals surface area contributed by atoms with E-state index >= 15 is 0 Å². The lowest BCUT2D eigenvalue weighted by atomic mass is 10.0. The fourth-order valence-corrected chi connectivity index (χ4v) is 8.76. The highest BCUT2D eigenvalue weighted by Crippen LogP contribution is 2.46. The van der Waals surface area contributed by atoms with Gasteiger partial charge in [0, 0.05) is 60.3 Å². The first-order valence-corrected chi connectivity index (χ1v) is 20.2. The van der Waals surface area contributed by atoms with Crippen LogP contribution >= 0.6 is 23.2 Å². The van der Waals surface area contributed by atoms with Crippen molar-refractivity contribution in [2.45, 2.75) is 6.42 Å². The second-order valence-electron chi connectivity index (χ2n) is 14.4. The van der Waals surface area contributed by atoms with Crippen molar-refractivity contribution in [1.82, 2.24) is 9.13 Å². The Morgan fingerprint density at radius 3 is 1.08 bits per heavy atom. The fourth-order valence-electron chi connectivity index (χ4n) is 8.34. The van der Waals surface area contributed by atoms with Crippen LogP contribution in [0, 0.1) is 0 Å². The first kappa shape index (κ1) is 36.5. The molecule has 0 fully saturated rings. The average molecular weight is 812 g/mol. The number of nitrogens with zero attached hydrogens (tertiary/aromatic N) is 2. The van der Waals surface area contributed by atoms with Crippen LogP contribution in [-0.2, 0) is 0 Å². The maximum absolute atomic E-state index is 12.0. The van der Waals surface area contributed by atoms with E-state index in [-0.39, 0.29) is 11.5 Å². The summed E-state index contributed by atoms with van der Waals surface area (Å²) >= 11 is 13.6. The zero-order chi connectivity index (χ0) is 40.0. The molecule has 2 N–H and O–H groups in total. The summed E-state index contributed by atoms with van der Waals surface area (Å²) in [5.74, 6) is 1.42. The summed E-state index contributed by atoms with van der Waals surface area (Å²) in [6, 6.07) is 55.1. The first-order valence-electron chi connectivity index (χ1n) is 19.4. The molecule has 0 aliphatic carbocycles. The second-order valence-corrected chi connectivity index (χ2v) is 15.3. The summed E-state index contributed by atoms with van der Waals surface area (Å²) in [5, 5.41) is 29.2. The average Bonchev–Trinajstić information content (AvgIpc) is 3.78. The summed E-state index contributed by atoms with van der Waals surface area (Å²) in [6.07, 6.45) is 0.560. The summed E-state index contributed by atoms with van der Waals surface area (Å²) in [6.45, 7) is 0.696. The van der Waals surface area contributed by atoms with Crippen LogP contribution in [-0.4, -0.2) is 32.6 Å². The Hall–Kier alpha value is -6.86. The van der Waals surface area contributed by atoms with E-state index in [2.05, 4.69) is 57.7 Å². The molecule has 288 valence electrons. The molecule has 2 aromatic heterocycles. The van der Waals surface area contributed by atoms with Gasteiger partial charge in [-0.3, -0.25) is 0 Å². The monoisotopic (exact) mass is 810 g/mol. The Labute approximate surface area is 350 Å². The van der Waals surface area contributed by atoms with Gasteiger partial charge < -0.3 is 28.8 Å². The van der Waals surface area contributed by atoms with Crippen LogP contribution in [0.15, 0.2) is 170 Å². The zero-order valence-electron chi connectivity index (χ0n) is 31.6. The number of halogens is 2. The third kappa shape index (κ3) is 6.38. The second kappa shape index (κ2) is 15.1. The minimum Gasteiger partial charge on any atom is -0.505 e. The van der Waals surface area contributed by atoms with Crippen LogP contribution in [0.2, 0.25) is 10.0 Å². The van der Waals surface area contributed by atoms with Gasteiger partial charge in [-0.2, -0.15) is 0 Å². The molecule has 59 heavy (non-hydrogen) atoms. The molecule has 0 aliphatic heterocycles. The van der Waals surface area contributed by atoms with Crippen molar-refractivity contribution in [3.8, 4) is 56.6 Å². The van der Waals surface area contributed by atoms with Crippen molar-refractivity contribution in [1.29, 1.82) is 0 Å². The number of ether oxygens (including phenoxy) is 2. The summed E-state index contributed by atoms with van der Waals surface area (Å²) in [7, 11) is 0. The van der Waals surface area contributed by atoms with E-state index in [1.165, 1.54) is 0 Å². The summed E-state index contributed by atoms with van der Waals surface area (Å²) in [4.78, 5) is 0.